The molecule has 0 radical (unpaired) electrons. The summed E-state index contributed by atoms with van der Waals surface area (Å²) >= 11 is 2.00. The Morgan fingerprint density at radius 2 is 2.32 bits per heavy atom. The number of benzene rings is 1. The molecule has 1 aromatic rings. The van der Waals surface area contributed by atoms with Gasteiger partial charge in [-0.15, -0.1) is 0 Å². The number of para-hydroxylation sites is 1. The third kappa shape index (κ3) is 3.65. The lowest BCUT2D eigenvalue weighted by Crippen LogP contribution is -2.22. The highest BCUT2D eigenvalue weighted by Gasteiger charge is 2.14. The maximum absolute atomic E-state index is 11.6. The second kappa shape index (κ2) is 6.69. The van der Waals surface area contributed by atoms with E-state index in [9.17, 15) is 4.79 Å². The molecule has 0 aliphatic carbocycles. The van der Waals surface area contributed by atoms with Crippen LogP contribution in [0, 0.1) is 20.3 Å². The molecule has 4 N–H and O–H groups in total. The third-order valence-electron chi connectivity index (χ3n) is 2.06. The Morgan fingerprint density at radius 3 is 2.84 bits per heavy atom. The van der Waals surface area contributed by atoms with Crippen LogP contribution in [0.4, 0.5) is 5.69 Å². The summed E-state index contributed by atoms with van der Waals surface area (Å²) in [5, 5.41) is 19.6. The molecule has 0 saturated heterocycles. The van der Waals surface area contributed by atoms with Crippen molar-refractivity contribution >= 4 is 45.8 Å². The first kappa shape index (κ1) is 14.9. The first-order chi connectivity index (χ1) is 9.01. The van der Waals surface area contributed by atoms with Crippen LogP contribution in [0.1, 0.15) is 10.4 Å². The van der Waals surface area contributed by atoms with E-state index in [4.69, 9.17) is 16.4 Å². The van der Waals surface area contributed by atoms with Gasteiger partial charge in [-0.25, -0.2) is 4.79 Å². The van der Waals surface area contributed by atoms with E-state index in [1.165, 1.54) is 7.11 Å². The molecule has 0 aromatic heterocycles. The van der Waals surface area contributed by atoms with Gasteiger partial charge >= 0.3 is 5.97 Å². The number of halogens is 1. The average Bonchev–Trinajstić information content (AvgIpc) is 2.39. The van der Waals surface area contributed by atoms with Crippen LogP contribution in [0.5, 0.6) is 0 Å². The predicted octanol–water partition coefficient (Wildman–Crippen LogP) is 1.31. The van der Waals surface area contributed by atoms with Gasteiger partial charge in [0.1, 0.15) is 6.07 Å². The van der Waals surface area contributed by atoms with Crippen LogP contribution in [0.25, 0.3) is 0 Å². The van der Waals surface area contributed by atoms with Crippen LogP contribution >= 0.6 is 22.6 Å². The van der Waals surface area contributed by atoms with Gasteiger partial charge in [0.05, 0.1) is 18.4 Å². The normalized spacial score (nSPS) is 10.5. The van der Waals surface area contributed by atoms with Crippen LogP contribution < -0.4 is 11.2 Å². The van der Waals surface area contributed by atoms with E-state index >= 15 is 0 Å². The summed E-state index contributed by atoms with van der Waals surface area (Å²) in [7, 11) is 1.27. The molecule has 0 aliphatic heterocycles. The Hall–Kier alpha value is -2.15. The number of carbonyl (C=O) groups excluding carboxylic acids is 1. The maximum Gasteiger partial charge on any atom is 0.340 e. The standard InChI is InChI=1S/C11H10IN5O2/c1-19-11(18)6-3-2-4-7(12)9(6)17-16-8(5-13)10(14)15/h2-4,17H,1H3,(H3,14,15)/b16-8+. The fraction of sp³-hybridized carbons (Fsp3) is 0.0909. The summed E-state index contributed by atoms with van der Waals surface area (Å²) in [6.45, 7) is 0. The molecule has 1 aromatic carbocycles. The molecule has 0 spiro atoms. The number of nitriles is 1. The van der Waals surface area contributed by atoms with Gasteiger partial charge < -0.3 is 10.5 Å². The number of carbonyl (C=O) groups is 1. The smallest absolute Gasteiger partial charge is 0.340 e. The fourth-order valence-electron chi connectivity index (χ4n) is 1.18. The van der Waals surface area contributed by atoms with Gasteiger partial charge in [0, 0.05) is 3.57 Å². The van der Waals surface area contributed by atoms with E-state index < -0.39 is 11.8 Å². The number of nitrogens with one attached hydrogen (secondary N) is 2. The first-order valence-electron chi connectivity index (χ1n) is 4.96. The van der Waals surface area contributed by atoms with Gasteiger partial charge in [-0.3, -0.25) is 10.8 Å². The molecule has 98 valence electrons. The monoisotopic (exact) mass is 371 g/mol. The summed E-state index contributed by atoms with van der Waals surface area (Å²) in [4.78, 5) is 11.6. The van der Waals surface area contributed by atoms with Crippen LogP contribution in [-0.2, 0) is 4.74 Å². The lowest BCUT2D eigenvalue weighted by Gasteiger charge is -2.09. The van der Waals surface area contributed by atoms with E-state index in [0.29, 0.717) is 9.26 Å². The summed E-state index contributed by atoms with van der Waals surface area (Å²) in [5.41, 5.74) is 8.14. The van der Waals surface area contributed by atoms with E-state index in [0.717, 1.165) is 0 Å². The number of ether oxygens (including phenoxy) is 1. The van der Waals surface area contributed by atoms with E-state index in [1.807, 2.05) is 22.6 Å². The number of hydrazone groups is 1. The number of esters is 1. The highest BCUT2D eigenvalue weighted by atomic mass is 127. The molecule has 0 heterocycles. The molecule has 7 nitrogen and oxygen atoms in total. The van der Waals surface area contributed by atoms with Crippen molar-refractivity contribution < 1.29 is 9.53 Å². The average molecular weight is 371 g/mol. The second-order valence-electron chi connectivity index (χ2n) is 3.25. The van der Waals surface area contributed by atoms with Crippen molar-refractivity contribution in [1.82, 2.24) is 0 Å². The number of nitrogens with zero attached hydrogens (tertiary/aromatic N) is 2. The zero-order valence-corrected chi connectivity index (χ0v) is 12.1. The molecule has 0 unspecified atom stereocenters. The SMILES string of the molecule is COC(=O)c1cccc(I)c1N/N=C(\C#N)C(=N)N. The molecule has 0 fully saturated rings. The van der Waals surface area contributed by atoms with Crippen molar-refractivity contribution in [2.24, 2.45) is 10.8 Å². The molecule has 0 amide bonds. The molecular formula is C11H10IN5O2. The van der Waals surface area contributed by atoms with Crippen LogP contribution in [0.2, 0.25) is 0 Å². The van der Waals surface area contributed by atoms with Gasteiger partial charge in [0.2, 0.25) is 5.71 Å². The van der Waals surface area contributed by atoms with Crippen molar-refractivity contribution in [1.29, 1.82) is 10.7 Å². The molecule has 0 saturated carbocycles. The Balaban J connectivity index is 3.18. The lowest BCUT2D eigenvalue weighted by molar-refractivity contribution is 0.0601. The van der Waals surface area contributed by atoms with E-state index in [-0.39, 0.29) is 11.3 Å². The molecule has 0 atom stereocenters. The van der Waals surface area contributed by atoms with Crippen LogP contribution in [0.3, 0.4) is 0 Å². The first-order valence-corrected chi connectivity index (χ1v) is 6.04. The zero-order chi connectivity index (χ0) is 14.4. The Bertz CT molecular complexity index is 591. The second-order valence-corrected chi connectivity index (χ2v) is 4.41. The van der Waals surface area contributed by atoms with Gasteiger partial charge in [0.15, 0.2) is 5.84 Å². The van der Waals surface area contributed by atoms with Crippen molar-refractivity contribution in [3.63, 3.8) is 0 Å². The van der Waals surface area contributed by atoms with Gasteiger partial charge in [0.25, 0.3) is 0 Å². The topological polar surface area (TPSA) is 124 Å². The Morgan fingerprint density at radius 1 is 1.63 bits per heavy atom. The molecule has 8 heteroatoms. The fourth-order valence-corrected chi connectivity index (χ4v) is 1.79. The van der Waals surface area contributed by atoms with E-state index in [1.54, 1.807) is 24.3 Å². The number of hydrogen-bond donors (Lipinski definition) is 3. The number of hydrogen-bond acceptors (Lipinski definition) is 6. The van der Waals surface area contributed by atoms with Crippen LogP contribution in [-0.4, -0.2) is 24.6 Å². The van der Waals surface area contributed by atoms with Crippen molar-refractivity contribution in [2.75, 3.05) is 12.5 Å². The summed E-state index contributed by atoms with van der Waals surface area (Å²) in [5.74, 6) is -0.988. The molecule has 0 bridgehead atoms. The zero-order valence-electron chi connectivity index (χ0n) is 9.90. The summed E-state index contributed by atoms with van der Waals surface area (Å²) < 4.78 is 5.36. The number of rotatable bonds is 4. The van der Waals surface area contributed by atoms with Gasteiger partial charge in [-0.05, 0) is 34.7 Å². The highest BCUT2D eigenvalue weighted by Crippen LogP contribution is 2.23. The summed E-state index contributed by atoms with van der Waals surface area (Å²) in [6.07, 6.45) is 0. The molecule has 19 heavy (non-hydrogen) atoms. The predicted molar refractivity (Wildman–Crippen MR) is 79.1 cm³/mol. The lowest BCUT2D eigenvalue weighted by atomic mass is 10.2. The third-order valence-corrected chi connectivity index (χ3v) is 2.96. The van der Waals surface area contributed by atoms with Gasteiger partial charge in [-0.1, -0.05) is 6.07 Å². The largest absolute Gasteiger partial charge is 0.465 e. The minimum atomic E-state index is -0.530. The number of amidine groups is 1. The van der Waals surface area contributed by atoms with Crippen molar-refractivity contribution in [3.8, 4) is 6.07 Å². The summed E-state index contributed by atoms with van der Waals surface area (Å²) in [6, 6.07) is 6.68. The van der Waals surface area contributed by atoms with Crippen molar-refractivity contribution in [2.45, 2.75) is 0 Å². The Kier molecular flexibility index (Phi) is 5.25. The van der Waals surface area contributed by atoms with Crippen molar-refractivity contribution in [3.05, 3.63) is 27.3 Å². The highest BCUT2D eigenvalue weighted by molar-refractivity contribution is 14.1. The number of anilines is 1. The minimum Gasteiger partial charge on any atom is -0.465 e. The minimum absolute atomic E-state index is 0.268. The van der Waals surface area contributed by atoms with E-state index in [2.05, 4.69) is 15.3 Å². The molecule has 0 aliphatic rings. The van der Waals surface area contributed by atoms with Gasteiger partial charge in [-0.2, -0.15) is 10.4 Å². The van der Waals surface area contributed by atoms with Crippen LogP contribution in [0.15, 0.2) is 23.3 Å². The number of methoxy groups -OCH3 is 1. The Labute approximate surface area is 123 Å². The quantitative estimate of drug-likeness (QED) is 0.242. The number of nitrogens with two attached hydrogens (primary N) is 1. The molecular weight excluding hydrogens is 361 g/mol. The maximum atomic E-state index is 11.6. The molecule has 1 rings (SSSR count).